The van der Waals surface area contributed by atoms with Gasteiger partial charge in [-0.05, 0) is 13.8 Å². The second-order valence-corrected chi connectivity index (χ2v) is 4.01. The maximum atomic E-state index is 8.66. The van der Waals surface area contributed by atoms with E-state index in [9.17, 15) is 0 Å². The van der Waals surface area contributed by atoms with Gasteiger partial charge in [0, 0.05) is 11.3 Å². The van der Waals surface area contributed by atoms with Crippen LogP contribution in [0.3, 0.4) is 0 Å². The summed E-state index contributed by atoms with van der Waals surface area (Å²) in [6.45, 7) is 3.82. The Morgan fingerprint density at radius 2 is 2.08 bits per heavy atom. The van der Waals surface area contributed by atoms with Gasteiger partial charge in [-0.2, -0.15) is 0 Å². The number of rotatable bonds is 3. The molecular weight excluding hydrogens is 208 g/mol. The van der Waals surface area contributed by atoms with E-state index in [1.807, 2.05) is 6.92 Å². The Kier molecular flexibility index (Phi) is 3.96. The first kappa shape index (κ1) is 10.8. The molecule has 0 fully saturated rings. The lowest BCUT2D eigenvalue weighted by Gasteiger charge is -2.05. The average Bonchev–Trinajstić information content (AvgIpc) is 2.09. The van der Waals surface area contributed by atoms with Crippen LogP contribution in [0.5, 0.6) is 0 Å². The van der Waals surface area contributed by atoms with Crippen LogP contribution >= 0.6 is 23.4 Å². The van der Waals surface area contributed by atoms with E-state index >= 15 is 0 Å². The first-order valence-electron chi connectivity index (χ1n) is 3.89. The fourth-order valence-corrected chi connectivity index (χ4v) is 1.92. The van der Waals surface area contributed by atoms with Crippen molar-refractivity contribution in [3.63, 3.8) is 0 Å². The number of hydrogen-bond acceptors (Lipinski definition) is 4. The molecule has 0 bridgehead atoms. The SMILES string of the molecule is Cc1nc(Cl)c(C)c(SCCO)n1. The van der Waals surface area contributed by atoms with E-state index < -0.39 is 0 Å². The van der Waals surface area contributed by atoms with Gasteiger partial charge >= 0.3 is 0 Å². The van der Waals surface area contributed by atoms with E-state index in [2.05, 4.69) is 9.97 Å². The molecule has 0 atom stereocenters. The lowest BCUT2D eigenvalue weighted by Crippen LogP contribution is -1.97. The van der Waals surface area contributed by atoms with Crippen molar-refractivity contribution in [2.24, 2.45) is 0 Å². The van der Waals surface area contributed by atoms with E-state index in [0.717, 1.165) is 10.6 Å². The Hall–Kier alpha value is -0.320. The lowest BCUT2D eigenvalue weighted by molar-refractivity contribution is 0.322. The summed E-state index contributed by atoms with van der Waals surface area (Å²) in [6, 6.07) is 0. The summed E-state index contributed by atoms with van der Waals surface area (Å²) in [5.74, 6) is 1.30. The Balaban J connectivity index is 2.92. The Labute approximate surface area is 86.6 Å². The van der Waals surface area contributed by atoms with Crippen molar-refractivity contribution in [2.75, 3.05) is 12.4 Å². The highest BCUT2D eigenvalue weighted by molar-refractivity contribution is 7.99. The molecule has 0 aromatic carbocycles. The van der Waals surface area contributed by atoms with Crippen LogP contribution in [0.4, 0.5) is 0 Å². The second-order valence-electron chi connectivity index (χ2n) is 2.56. The predicted octanol–water partition coefficient (Wildman–Crippen LogP) is 1.83. The summed E-state index contributed by atoms with van der Waals surface area (Å²) in [6.07, 6.45) is 0. The van der Waals surface area contributed by atoms with Crippen LogP contribution in [-0.4, -0.2) is 27.4 Å². The zero-order valence-corrected chi connectivity index (χ0v) is 9.11. The highest BCUT2D eigenvalue weighted by Crippen LogP contribution is 2.24. The molecular formula is C8H11ClN2OS. The molecule has 0 saturated carbocycles. The first-order valence-corrected chi connectivity index (χ1v) is 5.26. The first-order chi connectivity index (χ1) is 6.15. The fraction of sp³-hybridized carbons (Fsp3) is 0.500. The fourth-order valence-electron chi connectivity index (χ4n) is 0.853. The number of halogens is 1. The van der Waals surface area contributed by atoms with Crippen molar-refractivity contribution in [3.8, 4) is 0 Å². The predicted molar refractivity (Wildman–Crippen MR) is 54.3 cm³/mol. The van der Waals surface area contributed by atoms with Crippen LogP contribution in [0.25, 0.3) is 0 Å². The van der Waals surface area contributed by atoms with Crippen LogP contribution in [0.15, 0.2) is 5.03 Å². The van der Waals surface area contributed by atoms with Gasteiger partial charge in [0.15, 0.2) is 0 Å². The van der Waals surface area contributed by atoms with Gasteiger partial charge in [0.2, 0.25) is 0 Å². The highest BCUT2D eigenvalue weighted by Gasteiger charge is 2.06. The van der Waals surface area contributed by atoms with Gasteiger partial charge in [-0.3, -0.25) is 0 Å². The summed E-state index contributed by atoms with van der Waals surface area (Å²) in [4.78, 5) is 8.25. The summed E-state index contributed by atoms with van der Waals surface area (Å²) >= 11 is 7.36. The number of aliphatic hydroxyl groups excluding tert-OH is 1. The van der Waals surface area contributed by atoms with Crippen LogP contribution in [0, 0.1) is 13.8 Å². The topological polar surface area (TPSA) is 46.0 Å². The number of aryl methyl sites for hydroxylation is 1. The molecule has 0 radical (unpaired) electrons. The second kappa shape index (κ2) is 4.79. The molecule has 1 rings (SSSR count). The Morgan fingerprint density at radius 1 is 1.38 bits per heavy atom. The van der Waals surface area contributed by atoms with Crippen LogP contribution in [0.2, 0.25) is 5.15 Å². The van der Waals surface area contributed by atoms with Crippen molar-refractivity contribution in [3.05, 3.63) is 16.5 Å². The van der Waals surface area contributed by atoms with E-state index in [1.54, 1.807) is 6.92 Å². The molecule has 0 amide bonds. The number of hydrogen-bond donors (Lipinski definition) is 1. The standard InChI is InChI=1S/C8H11ClN2OS/c1-5-7(9)10-6(2)11-8(5)13-4-3-12/h12H,3-4H2,1-2H3. The molecule has 0 spiro atoms. The smallest absolute Gasteiger partial charge is 0.136 e. The Morgan fingerprint density at radius 3 is 2.69 bits per heavy atom. The normalized spacial score (nSPS) is 10.5. The number of nitrogens with zero attached hydrogens (tertiary/aromatic N) is 2. The van der Waals surface area contributed by atoms with E-state index in [4.69, 9.17) is 16.7 Å². The zero-order valence-electron chi connectivity index (χ0n) is 7.54. The van der Waals surface area contributed by atoms with Gasteiger partial charge < -0.3 is 5.11 Å². The van der Waals surface area contributed by atoms with Gasteiger partial charge in [0.1, 0.15) is 16.0 Å². The molecule has 0 aliphatic heterocycles. The third-order valence-electron chi connectivity index (χ3n) is 1.48. The summed E-state index contributed by atoms with van der Waals surface area (Å²) in [5.41, 5.74) is 0.880. The van der Waals surface area contributed by atoms with Crippen molar-refractivity contribution >= 4 is 23.4 Å². The molecule has 1 aromatic heterocycles. The van der Waals surface area contributed by atoms with Gasteiger partial charge in [-0.1, -0.05) is 11.6 Å². The maximum absolute atomic E-state index is 8.66. The highest BCUT2D eigenvalue weighted by atomic mass is 35.5. The molecule has 3 nitrogen and oxygen atoms in total. The summed E-state index contributed by atoms with van der Waals surface area (Å²) < 4.78 is 0. The van der Waals surface area contributed by atoms with Gasteiger partial charge in [-0.15, -0.1) is 11.8 Å². The minimum atomic E-state index is 0.144. The third-order valence-corrected chi connectivity index (χ3v) is 2.91. The van der Waals surface area contributed by atoms with E-state index in [-0.39, 0.29) is 6.61 Å². The van der Waals surface area contributed by atoms with Gasteiger partial charge in [0.05, 0.1) is 6.61 Å². The minimum Gasteiger partial charge on any atom is -0.396 e. The van der Waals surface area contributed by atoms with E-state index in [0.29, 0.717) is 16.7 Å². The average molecular weight is 219 g/mol. The van der Waals surface area contributed by atoms with Crippen LogP contribution in [-0.2, 0) is 0 Å². The zero-order chi connectivity index (χ0) is 9.84. The van der Waals surface area contributed by atoms with Crippen LogP contribution in [0.1, 0.15) is 11.4 Å². The molecule has 1 N–H and O–H groups in total. The molecule has 5 heteroatoms. The molecule has 1 aromatic rings. The molecule has 1 heterocycles. The number of thioether (sulfide) groups is 1. The summed E-state index contributed by atoms with van der Waals surface area (Å²) in [7, 11) is 0. The Bertz CT molecular complexity index is 306. The largest absolute Gasteiger partial charge is 0.396 e. The quantitative estimate of drug-likeness (QED) is 0.621. The molecule has 0 aliphatic carbocycles. The van der Waals surface area contributed by atoms with Crippen molar-refractivity contribution in [2.45, 2.75) is 18.9 Å². The van der Waals surface area contributed by atoms with Gasteiger partial charge in [0.25, 0.3) is 0 Å². The molecule has 72 valence electrons. The number of aromatic nitrogens is 2. The minimum absolute atomic E-state index is 0.144. The maximum Gasteiger partial charge on any atom is 0.136 e. The summed E-state index contributed by atoms with van der Waals surface area (Å²) in [5, 5.41) is 10.0. The molecule has 13 heavy (non-hydrogen) atoms. The molecule has 0 aliphatic rings. The molecule has 0 saturated heterocycles. The number of aliphatic hydroxyl groups is 1. The van der Waals surface area contributed by atoms with E-state index in [1.165, 1.54) is 11.8 Å². The van der Waals surface area contributed by atoms with Crippen molar-refractivity contribution in [1.82, 2.24) is 9.97 Å². The van der Waals surface area contributed by atoms with Crippen molar-refractivity contribution < 1.29 is 5.11 Å². The third kappa shape index (κ3) is 2.83. The molecule has 0 unspecified atom stereocenters. The van der Waals surface area contributed by atoms with Crippen molar-refractivity contribution in [1.29, 1.82) is 0 Å². The van der Waals surface area contributed by atoms with Crippen LogP contribution < -0.4 is 0 Å². The monoisotopic (exact) mass is 218 g/mol. The van der Waals surface area contributed by atoms with Gasteiger partial charge in [-0.25, -0.2) is 9.97 Å². The lowest BCUT2D eigenvalue weighted by atomic mass is 10.4.